The van der Waals surface area contributed by atoms with Crippen LogP contribution in [0.25, 0.3) is 16.9 Å². The smallest absolute Gasteiger partial charge is 0.254 e. The van der Waals surface area contributed by atoms with Gasteiger partial charge in [-0.05, 0) is 62.4 Å². The number of halogens is 3. The highest BCUT2D eigenvalue weighted by Gasteiger charge is 2.43. The van der Waals surface area contributed by atoms with E-state index in [9.17, 15) is 18.0 Å². The van der Waals surface area contributed by atoms with Gasteiger partial charge in [0.05, 0.1) is 23.1 Å². The van der Waals surface area contributed by atoms with Crippen molar-refractivity contribution in [3.63, 3.8) is 0 Å². The maximum absolute atomic E-state index is 14.0. The number of nitrogens with zero attached hydrogens (tertiary/aromatic N) is 6. The number of carbonyl (C=O) groups excluding carboxylic acids is 1. The number of fused-ring (bicyclic) bond motifs is 4. The monoisotopic (exact) mass is 492 g/mol. The van der Waals surface area contributed by atoms with Crippen molar-refractivity contribution < 1.29 is 18.0 Å². The van der Waals surface area contributed by atoms with Crippen LogP contribution in [-0.4, -0.2) is 41.4 Å². The number of hydrogen-bond donors (Lipinski definition) is 0. The number of hydrogen-bond acceptors (Lipinski definition) is 4. The van der Waals surface area contributed by atoms with Crippen molar-refractivity contribution in [1.29, 1.82) is 0 Å². The summed E-state index contributed by atoms with van der Waals surface area (Å²) in [5, 5.41) is 12.4. The highest BCUT2D eigenvalue weighted by Crippen LogP contribution is 2.45. The van der Waals surface area contributed by atoms with Crippen molar-refractivity contribution in [2.45, 2.75) is 44.7 Å². The second-order valence-corrected chi connectivity index (χ2v) is 9.48. The molecule has 10 heteroatoms. The number of amides is 1. The fraction of sp³-hybridized carbons (Fsp3) is 0.308. The molecule has 2 aromatic carbocycles. The van der Waals surface area contributed by atoms with Crippen LogP contribution in [0.2, 0.25) is 0 Å². The van der Waals surface area contributed by atoms with E-state index < -0.39 is 17.5 Å². The fourth-order valence-corrected chi connectivity index (χ4v) is 5.70. The van der Waals surface area contributed by atoms with Crippen molar-refractivity contribution >= 4 is 5.91 Å². The molecule has 4 heterocycles. The van der Waals surface area contributed by atoms with Crippen LogP contribution in [0.5, 0.6) is 0 Å². The van der Waals surface area contributed by atoms with Gasteiger partial charge in [0.1, 0.15) is 12.7 Å². The molecule has 1 saturated heterocycles. The van der Waals surface area contributed by atoms with Crippen molar-refractivity contribution in [2.75, 3.05) is 0 Å². The molecule has 2 unspecified atom stereocenters. The summed E-state index contributed by atoms with van der Waals surface area (Å²) in [4.78, 5) is 15.8. The van der Waals surface area contributed by atoms with E-state index in [-0.39, 0.29) is 23.6 Å². The van der Waals surface area contributed by atoms with Gasteiger partial charge >= 0.3 is 0 Å². The van der Waals surface area contributed by atoms with E-state index in [0.717, 1.165) is 53.9 Å². The standard InChI is InChI=1S/C26H23F3N6O/c1-14-6-7-15(10-22(14)34-12-30-31-13-34)26(36)35-17-4-3-5-21(35)24-18(11-17)25(33(2)32-24)16-8-19(27)23(29)20(28)9-16/h6-10,12-13,17,21H,3-5,11H2,1-2H3. The van der Waals surface area contributed by atoms with Gasteiger partial charge in [-0.15, -0.1) is 10.2 Å². The van der Waals surface area contributed by atoms with Crippen molar-refractivity contribution in [2.24, 2.45) is 7.05 Å². The van der Waals surface area contributed by atoms with Gasteiger partial charge < -0.3 is 4.90 Å². The molecular formula is C26H23F3N6O. The quantitative estimate of drug-likeness (QED) is 0.390. The Hall–Kier alpha value is -3.95. The van der Waals surface area contributed by atoms with E-state index in [1.165, 1.54) is 0 Å². The molecule has 2 aromatic heterocycles. The molecule has 0 saturated carbocycles. The number of aryl methyl sites for hydroxylation is 2. The Morgan fingerprint density at radius 1 is 1.03 bits per heavy atom. The zero-order valence-corrected chi connectivity index (χ0v) is 19.8. The summed E-state index contributed by atoms with van der Waals surface area (Å²) in [5.74, 6) is -4.06. The molecule has 36 heavy (non-hydrogen) atoms. The number of rotatable bonds is 3. The van der Waals surface area contributed by atoms with Gasteiger partial charge in [-0.3, -0.25) is 14.0 Å². The lowest BCUT2D eigenvalue weighted by atomic mass is 9.81. The molecule has 0 aliphatic carbocycles. The second-order valence-electron chi connectivity index (χ2n) is 9.48. The molecule has 7 nitrogen and oxygen atoms in total. The SMILES string of the molecule is Cc1ccc(C(=O)N2C3CCCC2c2nn(C)c(-c4cc(F)c(F)c(F)c4)c2C3)cc1-n1cnnc1. The first-order valence-electron chi connectivity index (χ1n) is 11.8. The number of aromatic nitrogens is 5. The molecular weight excluding hydrogens is 469 g/mol. The Labute approximate surface area is 205 Å². The molecule has 4 aromatic rings. The molecule has 184 valence electrons. The van der Waals surface area contributed by atoms with E-state index in [1.807, 2.05) is 30.0 Å². The molecule has 2 atom stereocenters. The minimum Gasteiger partial charge on any atom is -0.327 e. The third-order valence-electron chi connectivity index (χ3n) is 7.32. The maximum atomic E-state index is 14.0. The van der Waals surface area contributed by atoms with Crippen LogP contribution >= 0.6 is 0 Å². The molecule has 1 fully saturated rings. The van der Waals surface area contributed by atoms with Gasteiger partial charge in [-0.25, -0.2) is 13.2 Å². The Bertz CT molecular complexity index is 1470. The molecule has 2 aliphatic heterocycles. The summed E-state index contributed by atoms with van der Waals surface area (Å²) >= 11 is 0. The first-order chi connectivity index (χ1) is 17.3. The molecule has 0 radical (unpaired) electrons. The average Bonchev–Trinajstić information content (AvgIpc) is 3.50. The van der Waals surface area contributed by atoms with Gasteiger partial charge in [0.15, 0.2) is 17.5 Å². The first kappa shape index (κ1) is 22.5. The summed E-state index contributed by atoms with van der Waals surface area (Å²) in [6, 6.07) is 7.25. The zero-order valence-electron chi connectivity index (χ0n) is 19.8. The van der Waals surface area contributed by atoms with E-state index >= 15 is 0 Å². The lowest BCUT2D eigenvalue weighted by Gasteiger charge is -2.45. The van der Waals surface area contributed by atoms with Crippen LogP contribution in [0.3, 0.4) is 0 Å². The molecule has 0 spiro atoms. The zero-order chi connectivity index (χ0) is 25.1. The van der Waals surface area contributed by atoms with E-state index in [1.54, 1.807) is 29.0 Å². The number of benzene rings is 2. The van der Waals surface area contributed by atoms with Gasteiger partial charge in [0, 0.05) is 29.8 Å². The predicted molar refractivity (Wildman–Crippen MR) is 125 cm³/mol. The fourth-order valence-electron chi connectivity index (χ4n) is 5.70. The van der Waals surface area contributed by atoms with Crippen LogP contribution in [0.4, 0.5) is 13.2 Å². The third-order valence-corrected chi connectivity index (χ3v) is 7.32. The van der Waals surface area contributed by atoms with Gasteiger partial charge in [0.25, 0.3) is 5.91 Å². The first-order valence-corrected chi connectivity index (χ1v) is 11.8. The Balaban J connectivity index is 1.41. The highest BCUT2D eigenvalue weighted by molar-refractivity contribution is 5.96. The van der Waals surface area contributed by atoms with Crippen molar-refractivity contribution in [3.05, 3.63) is 82.8 Å². The van der Waals surface area contributed by atoms with Gasteiger partial charge in [-0.1, -0.05) is 6.07 Å². The average molecular weight is 493 g/mol. The van der Waals surface area contributed by atoms with E-state index in [2.05, 4.69) is 10.2 Å². The number of piperidine rings is 1. The maximum Gasteiger partial charge on any atom is 0.254 e. The summed E-state index contributed by atoms with van der Waals surface area (Å²) in [5.41, 5.74) is 4.75. The summed E-state index contributed by atoms with van der Waals surface area (Å²) in [6.07, 6.45) is 6.19. The van der Waals surface area contributed by atoms with E-state index in [0.29, 0.717) is 17.7 Å². The van der Waals surface area contributed by atoms with Gasteiger partial charge in [0.2, 0.25) is 0 Å². The van der Waals surface area contributed by atoms with Crippen molar-refractivity contribution in [1.82, 2.24) is 29.4 Å². The van der Waals surface area contributed by atoms with Crippen LogP contribution in [-0.2, 0) is 13.5 Å². The molecule has 2 aliphatic rings. The second kappa shape index (κ2) is 8.32. The molecule has 2 bridgehead atoms. The highest BCUT2D eigenvalue weighted by atomic mass is 19.2. The van der Waals surface area contributed by atoms with Crippen LogP contribution in [0.15, 0.2) is 43.0 Å². The third kappa shape index (κ3) is 3.42. The van der Waals surface area contributed by atoms with Crippen LogP contribution in [0.1, 0.15) is 52.5 Å². The lowest BCUT2D eigenvalue weighted by Crippen LogP contribution is -2.49. The molecule has 6 rings (SSSR count). The van der Waals surface area contributed by atoms with Crippen LogP contribution in [0, 0.1) is 24.4 Å². The lowest BCUT2D eigenvalue weighted by molar-refractivity contribution is 0.0392. The summed E-state index contributed by atoms with van der Waals surface area (Å²) in [6.45, 7) is 1.96. The molecule has 1 amide bonds. The topological polar surface area (TPSA) is 68.8 Å². The Morgan fingerprint density at radius 3 is 2.47 bits per heavy atom. The minimum absolute atomic E-state index is 0.0819. The Morgan fingerprint density at radius 2 is 1.75 bits per heavy atom. The summed E-state index contributed by atoms with van der Waals surface area (Å²) in [7, 11) is 1.70. The Kier molecular flexibility index (Phi) is 5.20. The van der Waals surface area contributed by atoms with Crippen molar-refractivity contribution in [3.8, 4) is 16.9 Å². The summed E-state index contributed by atoms with van der Waals surface area (Å²) < 4.78 is 45.0. The normalized spacial score (nSPS) is 18.9. The minimum atomic E-state index is -1.49. The van der Waals surface area contributed by atoms with Crippen LogP contribution < -0.4 is 0 Å². The number of carbonyl (C=O) groups is 1. The predicted octanol–water partition coefficient (Wildman–Crippen LogP) is 4.69. The molecule has 0 N–H and O–H groups in total. The van der Waals surface area contributed by atoms with E-state index in [4.69, 9.17) is 5.10 Å². The van der Waals surface area contributed by atoms with Gasteiger partial charge in [-0.2, -0.15) is 5.10 Å². The largest absolute Gasteiger partial charge is 0.327 e.